The summed E-state index contributed by atoms with van der Waals surface area (Å²) >= 11 is 5.62. The molecule has 1 amide bonds. The van der Waals surface area contributed by atoms with Gasteiger partial charge in [0.15, 0.2) is 0 Å². The Balaban J connectivity index is 0. The number of amides is 1. The summed E-state index contributed by atoms with van der Waals surface area (Å²) in [4.78, 5) is 9.16. The monoisotopic (exact) mass is 187 g/mol. The normalized spacial score (nSPS) is 14.7. The molecule has 2 N–H and O–H groups in total. The summed E-state index contributed by atoms with van der Waals surface area (Å²) in [6.07, 6.45) is -0.518. The molecular weight excluding hydrogens is 177 g/mol. The molecule has 0 fully saturated rings. The van der Waals surface area contributed by atoms with Crippen molar-refractivity contribution >= 4 is 30.1 Å². The summed E-state index contributed by atoms with van der Waals surface area (Å²) in [5, 5.41) is 10.3. The third-order valence-electron chi connectivity index (χ3n) is 1.03. The SMILES string of the molecule is CCC(C)(Cl)NC(=O)O.Cl. The van der Waals surface area contributed by atoms with Crippen LogP contribution in [0.5, 0.6) is 0 Å². The van der Waals surface area contributed by atoms with Gasteiger partial charge in [0.25, 0.3) is 0 Å². The van der Waals surface area contributed by atoms with Gasteiger partial charge in [-0.15, -0.1) is 12.4 Å². The Bertz CT molecular complexity index is 116. The fourth-order valence-corrected chi connectivity index (χ4v) is 0.392. The van der Waals surface area contributed by atoms with E-state index in [4.69, 9.17) is 16.7 Å². The molecule has 3 nitrogen and oxygen atoms in total. The number of carbonyl (C=O) groups is 1. The Morgan fingerprint density at radius 1 is 1.80 bits per heavy atom. The predicted molar refractivity (Wildman–Crippen MR) is 43.0 cm³/mol. The van der Waals surface area contributed by atoms with Gasteiger partial charge < -0.3 is 10.4 Å². The average molecular weight is 188 g/mol. The quantitative estimate of drug-likeness (QED) is 0.514. The Kier molecular flexibility index (Phi) is 5.80. The highest BCUT2D eigenvalue weighted by Gasteiger charge is 2.19. The molecule has 0 saturated heterocycles. The van der Waals surface area contributed by atoms with Crippen molar-refractivity contribution in [3.8, 4) is 0 Å². The van der Waals surface area contributed by atoms with E-state index in [2.05, 4.69) is 5.32 Å². The van der Waals surface area contributed by atoms with Crippen LogP contribution in [0.1, 0.15) is 20.3 Å². The van der Waals surface area contributed by atoms with Crippen LogP contribution in [0.3, 0.4) is 0 Å². The Labute approximate surface area is 71.2 Å². The molecule has 0 aliphatic rings. The lowest BCUT2D eigenvalue weighted by molar-refractivity contribution is 0.188. The van der Waals surface area contributed by atoms with Gasteiger partial charge in [-0.1, -0.05) is 18.5 Å². The summed E-state index contributed by atoms with van der Waals surface area (Å²) < 4.78 is 0. The van der Waals surface area contributed by atoms with Crippen molar-refractivity contribution in [3.63, 3.8) is 0 Å². The number of rotatable bonds is 2. The van der Waals surface area contributed by atoms with Crippen LogP contribution in [0.2, 0.25) is 0 Å². The van der Waals surface area contributed by atoms with Crippen LogP contribution < -0.4 is 5.32 Å². The molecule has 0 aromatic heterocycles. The van der Waals surface area contributed by atoms with Gasteiger partial charge in [-0.3, -0.25) is 0 Å². The second kappa shape index (κ2) is 4.63. The summed E-state index contributed by atoms with van der Waals surface area (Å²) in [5.74, 6) is 0. The average Bonchev–Trinajstić information content (AvgIpc) is 1.63. The molecule has 1 atom stereocenters. The summed E-state index contributed by atoms with van der Waals surface area (Å²) in [6, 6.07) is 0. The topological polar surface area (TPSA) is 49.3 Å². The predicted octanol–water partition coefficient (Wildman–Crippen LogP) is 2.04. The third-order valence-corrected chi connectivity index (χ3v) is 1.39. The minimum atomic E-state index is -1.09. The minimum Gasteiger partial charge on any atom is -0.465 e. The minimum absolute atomic E-state index is 0. The smallest absolute Gasteiger partial charge is 0.406 e. The van der Waals surface area contributed by atoms with Gasteiger partial charge in [0, 0.05) is 0 Å². The van der Waals surface area contributed by atoms with Crippen molar-refractivity contribution in [2.24, 2.45) is 0 Å². The molecule has 10 heavy (non-hydrogen) atoms. The zero-order chi connectivity index (χ0) is 7.49. The molecule has 0 aromatic carbocycles. The van der Waals surface area contributed by atoms with Crippen LogP contribution in [0.4, 0.5) is 4.79 Å². The Morgan fingerprint density at radius 3 is 2.30 bits per heavy atom. The molecule has 0 heterocycles. The van der Waals surface area contributed by atoms with E-state index in [1.807, 2.05) is 6.92 Å². The highest BCUT2D eigenvalue weighted by molar-refractivity contribution is 6.24. The Morgan fingerprint density at radius 2 is 2.20 bits per heavy atom. The molecule has 0 saturated carbocycles. The molecule has 1 unspecified atom stereocenters. The fourth-order valence-electron chi connectivity index (χ4n) is 0.311. The molecule has 0 rings (SSSR count). The van der Waals surface area contributed by atoms with Crippen molar-refractivity contribution in [2.45, 2.75) is 25.3 Å². The first kappa shape index (κ1) is 12.5. The number of carboxylic acid groups (broad SMARTS) is 1. The van der Waals surface area contributed by atoms with Crippen LogP contribution in [-0.2, 0) is 0 Å². The van der Waals surface area contributed by atoms with Gasteiger partial charge in [-0.25, -0.2) is 4.79 Å². The summed E-state index contributed by atoms with van der Waals surface area (Å²) in [7, 11) is 0. The number of hydrogen-bond donors (Lipinski definition) is 2. The van der Waals surface area contributed by atoms with Crippen LogP contribution in [0.15, 0.2) is 0 Å². The van der Waals surface area contributed by atoms with Crippen molar-refractivity contribution in [2.75, 3.05) is 0 Å². The van der Waals surface area contributed by atoms with E-state index < -0.39 is 11.1 Å². The molecule has 0 aromatic rings. The molecule has 0 aliphatic heterocycles. The summed E-state index contributed by atoms with van der Waals surface area (Å²) in [6.45, 7) is 3.42. The zero-order valence-corrected chi connectivity index (χ0v) is 7.42. The first-order valence-electron chi connectivity index (χ1n) is 2.68. The standard InChI is InChI=1S/C5H10ClNO2.ClH/c1-3-5(2,6)7-4(8)9;/h7H,3H2,1-2H3,(H,8,9);1H. The second-order valence-electron chi connectivity index (χ2n) is 1.98. The van der Waals surface area contributed by atoms with Crippen molar-refractivity contribution in [1.29, 1.82) is 0 Å². The molecule has 0 spiro atoms. The molecule has 0 radical (unpaired) electrons. The van der Waals surface area contributed by atoms with Crippen molar-refractivity contribution < 1.29 is 9.90 Å². The lowest BCUT2D eigenvalue weighted by atomic mass is 10.2. The van der Waals surface area contributed by atoms with Crippen molar-refractivity contribution in [3.05, 3.63) is 0 Å². The van der Waals surface area contributed by atoms with E-state index >= 15 is 0 Å². The van der Waals surface area contributed by atoms with E-state index in [1.54, 1.807) is 6.92 Å². The van der Waals surface area contributed by atoms with E-state index in [-0.39, 0.29) is 12.4 Å². The van der Waals surface area contributed by atoms with Gasteiger partial charge in [0.1, 0.15) is 5.00 Å². The first-order chi connectivity index (χ1) is 3.98. The fraction of sp³-hybridized carbons (Fsp3) is 0.800. The van der Waals surface area contributed by atoms with E-state index in [0.29, 0.717) is 6.42 Å². The number of nitrogens with one attached hydrogen (secondary N) is 1. The molecule has 5 heteroatoms. The maximum absolute atomic E-state index is 9.98. The first-order valence-corrected chi connectivity index (χ1v) is 3.06. The van der Waals surface area contributed by atoms with E-state index in [0.717, 1.165) is 0 Å². The van der Waals surface area contributed by atoms with Crippen LogP contribution in [0, 0.1) is 0 Å². The molecular formula is C5H11Cl2NO2. The highest BCUT2D eigenvalue weighted by Crippen LogP contribution is 2.13. The maximum Gasteiger partial charge on any atom is 0.406 e. The number of halogens is 2. The van der Waals surface area contributed by atoms with E-state index in [9.17, 15) is 4.79 Å². The maximum atomic E-state index is 9.98. The highest BCUT2D eigenvalue weighted by atomic mass is 35.5. The van der Waals surface area contributed by atoms with Gasteiger partial charge >= 0.3 is 6.09 Å². The molecule has 62 valence electrons. The lowest BCUT2D eigenvalue weighted by Crippen LogP contribution is -2.39. The van der Waals surface area contributed by atoms with E-state index in [1.165, 1.54) is 0 Å². The number of alkyl halides is 1. The lowest BCUT2D eigenvalue weighted by Gasteiger charge is -2.18. The number of hydrogen-bond acceptors (Lipinski definition) is 1. The second-order valence-corrected chi connectivity index (χ2v) is 2.82. The molecule has 0 bridgehead atoms. The third kappa shape index (κ3) is 5.98. The summed E-state index contributed by atoms with van der Waals surface area (Å²) in [5.41, 5.74) is 0. The van der Waals surface area contributed by atoms with Gasteiger partial charge in [-0.2, -0.15) is 0 Å². The van der Waals surface area contributed by atoms with Gasteiger partial charge in [-0.05, 0) is 13.3 Å². The van der Waals surface area contributed by atoms with Gasteiger partial charge in [0.05, 0.1) is 0 Å². The van der Waals surface area contributed by atoms with Crippen LogP contribution >= 0.6 is 24.0 Å². The zero-order valence-electron chi connectivity index (χ0n) is 5.85. The largest absolute Gasteiger partial charge is 0.465 e. The van der Waals surface area contributed by atoms with Crippen molar-refractivity contribution in [1.82, 2.24) is 5.32 Å². The Hall–Kier alpha value is -0.150. The molecule has 0 aliphatic carbocycles. The van der Waals surface area contributed by atoms with Gasteiger partial charge in [0.2, 0.25) is 0 Å². The van der Waals surface area contributed by atoms with Crippen LogP contribution in [-0.4, -0.2) is 16.2 Å². The van der Waals surface area contributed by atoms with Crippen LogP contribution in [0.25, 0.3) is 0 Å².